The summed E-state index contributed by atoms with van der Waals surface area (Å²) in [4.78, 5) is 11.4. The summed E-state index contributed by atoms with van der Waals surface area (Å²) >= 11 is 0. The average molecular weight is 220 g/mol. The summed E-state index contributed by atoms with van der Waals surface area (Å²) in [5, 5.41) is 10.5. The van der Waals surface area contributed by atoms with E-state index in [0.29, 0.717) is 11.1 Å². The molecular formula is C12H12O4. The number of hydrogen-bond donors (Lipinski definition) is 1. The summed E-state index contributed by atoms with van der Waals surface area (Å²) in [6, 6.07) is 6.90. The first-order chi connectivity index (χ1) is 7.74. The van der Waals surface area contributed by atoms with Gasteiger partial charge in [0.15, 0.2) is 6.10 Å². The molecule has 0 aliphatic heterocycles. The molecule has 1 atom stereocenters. The number of carbonyl (C=O) groups is 1. The van der Waals surface area contributed by atoms with Crippen molar-refractivity contribution < 1.29 is 19.1 Å². The lowest BCUT2D eigenvalue weighted by Crippen LogP contribution is -2.15. The Hall–Kier alpha value is -1.81. The van der Waals surface area contributed by atoms with Crippen LogP contribution in [0.25, 0.3) is 11.0 Å². The quantitative estimate of drug-likeness (QED) is 0.804. The molecule has 0 fully saturated rings. The van der Waals surface area contributed by atoms with Crippen LogP contribution in [0.5, 0.6) is 0 Å². The van der Waals surface area contributed by atoms with Crippen LogP contribution >= 0.6 is 0 Å². The lowest BCUT2D eigenvalue weighted by Gasteiger charge is -2.10. The van der Waals surface area contributed by atoms with Crippen molar-refractivity contribution in [3.63, 3.8) is 0 Å². The fourth-order valence-electron chi connectivity index (χ4n) is 1.60. The number of aliphatic hydroxyl groups excluding tert-OH is 1. The fraction of sp³-hybridized carbons (Fsp3) is 0.250. The first kappa shape index (κ1) is 10.7. The van der Waals surface area contributed by atoms with Crippen LogP contribution in [-0.4, -0.2) is 17.7 Å². The normalized spacial score (nSPS) is 12.6. The van der Waals surface area contributed by atoms with Crippen molar-refractivity contribution in [3.05, 3.63) is 36.1 Å². The van der Waals surface area contributed by atoms with E-state index < -0.39 is 12.1 Å². The van der Waals surface area contributed by atoms with Crippen LogP contribution in [0.1, 0.15) is 18.6 Å². The summed E-state index contributed by atoms with van der Waals surface area (Å²) < 4.78 is 9.95. The average Bonchev–Trinajstić information content (AvgIpc) is 2.76. The number of benzene rings is 1. The topological polar surface area (TPSA) is 59.7 Å². The Labute approximate surface area is 92.4 Å². The Morgan fingerprint density at radius 1 is 1.50 bits per heavy atom. The van der Waals surface area contributed by atoms with E-state index in [1.165, 1.54) is 6.26 Å². The maximum atomic E-state index is 11.4. The molecule has 0 aliphatic rings. The number of furan rings is 1. The maximum absolute atomic E-state index is 11.4. The summed E-state index contributed by atoms with van der Waals surface area (Å²) in [5.41, 5.74) is 1.14. The highest BCUT2D eigenvalue weighted by Gasteiger charge is 2.21. The number of aliphatic hydroxyl groups is 1. The molecule has 1 aromatic heterocycles. The molecule has 0 saturated heterocycles. The Morgan fingerprint density at radius 3 is 3.06 bits per heavy atom. The van der Waals surface area contributed by atoms with Crippen LogP contribution in [0.4, 0.5) is 0 Å². The number of hydrogen-bond acceptors (Lipinski definition) is 4. The number of rotatable bonds is 3. The van der Waals surface area contributed by atoms with Crippen molar-refractivity contribution in [1.29, 1.82) is 0 Å². The Kier molecular flexibility index (Phi) is 2.92. The van der Waals surface area contributed by atoms with Gasteiger partial charge in [-0.25, -0.2) is 4.79 Å². The third-order valence-electron chi connectivity index (χ3n) is 2.33. The van der Waals surface area contributed by atoms with E-state index in [0.717, 1.165) is 5.39 Å². The van der Waals surface area contributed by atoms with E-state index in [2.05, 4.69) is 0 Å². The third-order valence-corrected chi connectivity index (χ3v) is 2.33. The van der Waals surface area contributed by atoms with Crippen molar-refractivity contribution in [1.82, 2.24) is 0 Å². The van der Waals surface area contributed by atoms with Crippen LogP contribution in [0.2, 0.25) is 0 Å². The van der Waals surface area contributed by atoms with Gasteiger partial charge in [0.1, 0.15) is 5.58 Å². The number of carbonyl (C=O) groups excluding carboxylic acids is 1. The first-order valence-electron chi connectivity index (χ1n) is 5.05. The van der Waals surface area contributed by atoms with Crippen LogP contribution in [-0.2, 0) is 9.53 Å². The van der Waals surface area contributed by atoms with E-state index in [4.69, 9.17) is 9.15 Å². The molecule has 1 aromatic carbocycles. The molecule has 1 heterocycles. The highest BCUT2D eigenvalue weighted by atomic mass is 16.5. The molecule has 0 bridgehead atoms. The van der Waals surface area contributed by atoms with Gasteiger partial charge in [0, 0.05) is 10.9 Å². The molecule has 0 radical (unpaired) electrons. The summed E-state index contributed by atoms with van der Waals surface area (Å²) in [7, 11) is 0. The number of esters is 1. The van der Waals surface area contributed by atoms with Crippen LogP contribution in [0, 0.1) is 0 Å². The van der Waals surface area contributed by atoms with Crippen LogP contribution < -0.4 is 0 Å². The van der Waals surface area contributed by atoms with Gasteiger partial charge >= 0.3 is 5.97 Å². The molecule has 4 nitrogen and oxygen atoms in total. The fourth-order valence-corrected chi connectivity index (χ4v) is 1.60. The van der Waals surface area contributed by atoms with Gasteiger partial charge in [0.2, 0.25) is 0 Å². The lowest BCUT2D eigenvalue weighted by atomic mass is 10.1. The largest absolute Gasteiger partial charge is 0.464 e. The predicted octanol–water partition coefficient (Wildman–Crippen LogP) is 2.03. The lowest BCUT2D eigenvalue weighted by molar-refractivity contribution is -0.153. The van der Waals surface area contributed by atoms with Crippen molar-refractivity contribution in [3.8, 4) is 0 Å². The zero-order valence-electron chi connectivity index (χ0n) is 8.84. The highest BCUT2D eigenvalue weighted by Crippen LogP contribution is 2.25. The molecule has 16 heavy (non-hydrogen) atoms. The van der Waals surface area contributed by atoms with E-state index in [1.807, 2.05) is 0 Å². The molecule has 1 N–H and O–H groups in total. The smallest absolute Gasteiger partial charge is 0.339 e. The molecule has 2 rings (SSSR count). The second kappa shape index (κ2) is 4.37. The maximum Gasteiger partial charge on any atom is 0.339 e. The molecule has 0 spiro atoms. The highest BCUT2D eigenvalue weighted by molar-refractivity contribution is 5.87. The van der Waals surface area contributed by atoms with Gasteiger partial charge < -0.3 is 14.3 Å². The Balaban J connectivity index is 2.39. The summed E-state index contributed by atoms with van der Waals surface area (Å²) in [5.74, 6) is -0.642. The van der Waals surface area contributed by atoms with Crippen molar-refractivity contribution in [2.24, 2.45) is 0 Å². The standard InChI is InChI=1S/C12H12O4/c1-2-15-12(14)11(13)9-4-3-5-10-8(9)6-7-16-10/h3-7,11,13H,2H2,1H3. The SMILES string of the molecule is CCOC(=O)C(O)c1cccc2occc12. The number of ether oxygens (including phenoxy) is 1. The van der Waals surface area contributed by atoms with Gasteiger partial charge in [-0.1, -0.05) is 12.1 Å². The molecule has 0 saturated carbocycles. The van der Waals surface area contributed by atoms with E-state index in [-0.39, 0.29) is 6.61 Å². The zero-order chi connectivity index (χ0) is 11.5. The van der Waals surface area contributed by atoms with E-state index in [9.17, 15) is 9.90 Å². The van der Waals surface area contributed by atoms with Crippen LogP contribution in [0.15, 0.2) is 34.9 Å². The summed E-state index contributed by atoms with van der Waals surface area (Å²) in [6.45, 7) is 1.94. The monoisotopic (exact) mass is 220 g/mol. The molecule has 84 valence electrons. The van der Waals surface area contributed by atoms with Gasteiger partial charge in [-0.15, -0.1) is 0 Å². The second-order valence-corrected chi connectivity index (χ2v) is 3.33. The second-order valence-electron chi connectivity index (χ2n) is 3.33. The molecule has 0 aliphatic carbocycles. The molecule has 0 amide bonds. The van der Waals surface area contributed by atoms with E-state index >= 15 is 0 Å². The Bertz CT molecular complexity index is 500. The minimum atomic E-state index is -1.26. The van der Waals surface area contributed by atoms with Gasteiger partial charge in [-0.05, 0) is 19.1 Å². The third kappa shape index (κ3) is 1.79. The van der Waals surface area contributed by atoms with Gasteiger partial charge in [-0.3, -0.25) is 0 Å². The molecule has 4 heteroatoms. The first-order valence-corrected chi connectivity index (χ1v) is 5.05. The molecule has 2 aromatic rings. The van der Waals surface area contributed by atoms with Gasteiger partial charge in [-0.2, -0.15) is 0 Å². The zero-order valence-corrected chi connectivity index (χ0v) is 8.84. The van der Waals surface area contributed by atoms with Gasteiger partial charge in [0.05, 0.1) is 12.9 Å². The summed E-state index contributed by atoms with van der Waals surface area (Å²) in [6.07, 6.45) is 0.257. The predicted molar refractivity (Wildman–Crippen MR) is 57.8 cm³/mol. The van der Waals surface area contributed by atoms with Crippen molar-refractivity contribution >= 4 is 16.9 Å². The molecular weight excluding hydrogens is 208 g/mol. The van der Waals surface area contributed by atoms with E-state index in [1.54, 1.807) is 31.2 Å². The Morgan fingerprint density at radius 2 is 2.31 bits per heavy atom. The number of fused-ring (bicyclic) bond motifs is 1. The van der Waals surface area contributed by atoms with Crippen LogP contribution in [0.3, 0.4) is 0 Å². The van der Waals surface area contributed by atoms with Crippen molar-refractivity contribution in [2.45, 2.75) is 13.0 Å². The minimum Gasteiger partial charge on any atom is -0.464 e. The molecule has 1 unspecified atom stereocenters. The minimum absolute atomic E-state index is 0.247. The van der Waals surface area contributed by atoms with Gasteiger partial charge in [0.25, 0.3) is 0 Å². The van der Waals surface area contributed by atoms with Crippen molar-refractivity contribution in [2.75, 3.05) is 6.61 Å².